The van der Waals surface area contributed by atoms with Crippen LogP contribution < -0.4 is 0 Å². The van der Waals surface area contributed by atoms with Crippen molar-refractivity contribution in [3.63, 3.8) is 0 Å². The summed E-state index contributed by atoms with van der Waals surface area (Å²) in [4.78, 5) is 30.5. The Balaban J connectivity index is 1.68. The number of carbonyl (C=O) groups is 2. The van der Waals surface area contributed by atoms with Crippen molar-refractivity contribution >= 4 is 22.7 Å². The van der Waals surface area contributed by atoms with Crippen molar-refractivity contribution in [3.8, 4) is 11.3 Å². The van der Waals surface area contributed by atoms with Crippen LogP contribution in [0.3, 0.4) is 0 Å². The number of carbonyl (C=O) groups excluding carboxylic acids is 2. The summed E-state index contributed by atoms with van der Waals surface area (Å²) in [5.74, 6) is -0.749. The summed E-state index contributed by atoms with van der Waals surface area (Å²) in [6, 6.07) is 22.7. The van der Waals surface area contributed by atoms with Crippen molar-refractivity contribution in [2.45, 2.75) is 20.8 Å². The minimum Gasteiger partial charge on any atom is -0.454 e. The second-order valence-electron chi connectivity index (χ2n) is 7.64. The van der Waals surface area contributed by atoms with Gasteiger partial charge in [-0.05, 0) is 49.6 Å². The number of Topliss-reactive ketones (excluding diaryl/α,β-unsaturated/α-hetero) is 1. The molecule has 0 aliphatic carbocycles. The van der Waals surface area contributed by atoms with Gasteiger partial charge >= 0.3 is 5.97 Å². The van der Waals surface area contributed by atoms with Crippen molar-refractivity contribution in [1.82, 2.24) is 4.98 Å². The van der Waals surface area contributed by atoms with Crippen LogP contribution >= 0.6 is 0 Å². The Morgan fingerprint density at radius 3 is 2.29 bits per heavy atom. The highest BCUT2D eigenvalue weighted by Gasteiger charge is 2.21. The third kappa shape index (κ3) is 4.10. The molecule has 0 radical (unpaired) electrons. The average Bonchev–Trinajstić information content (AvgIpc) is 2.79. The molecule has 0 aliphatic rings. The first-order chi connectivity index (χ1) is 15.0. The van der Waals surface area contributed by atoms with Gasteiger partial charge in [-0.25, -0.2) is 9.78 Å². The second-order valence-corrected chi connectivity index (χ2v) is 7.64. The molecule has 0 amide bonds. The van der Waals surface area contributed by atoms with Crippen molar-refractivity contribution in [2.75, 3.05) is 6.61 Å². The van der Waals surface area contributed by atoms with Gasteiger partial charge in [0.15, 0.2) is 12.4 Å². The number of pyridine rings is 1. The molecule has 4 nitrogen and oxygen atoms in total. The van der Waals surface area contributed by atoms with Gasteiger partial charge in [0.25, 0.3) is 0 Å². The largest absolute Gasteiger partial charge is 0.454 e. The van der Waals surface area contributed by atoms with Crippen LogP contribution in [0.25, 0.3) is 22.2 Å². The molecule has 0 unspecified atom stereocenters. The monoisotopic (exact) mass is 409 g/mol. The molecule has 0 bridgehead atoms. The van der Waals surface area contributed by atoms with Crippen LogP contribution in [0.15, 0.2) is 72.8 Å². The second kappa shape index (κ2) is 8.52. The van der Waals surface area contributed by atoms with E-state index >= 15 is 0 Å². The van der Waals surface area contributed by atoms with Crippen LogP contribution in [0.5, 0.6) is 0 Å². The molecule has 0 saturated carbocycles. The van der Waals surface area contributed by atoms with Crippen LogP contribution in [0.2, 0.25) is 0 Å². The first-order valence-electron chi connectivity index (χ1n) is 10.2. The summed E-state index contributed by atoms with van der Waals surface area (Å²) in [5, 5.41) is 0.711. The van der Waals surface area contributed by atoms with E-state index in [2.05, 4.69) is 0 Å². The molecule has 4 heteroatoms. The molecule has 0 saturated heterocycles. The van der Waals surface area contributed by atoms with Crippen molar-refractivity contribution in [1.29, 1.82) is 0 Å². The number of aryl methyl sites for hydroxylation is 2. The van der Waals surface area contributed by atoms with Gasteiger partial charge in [0.05, 0.1) is 16.8 Å². The maximum Gasteiger partial charge on any atom is 0.339 e. The lowest BCUT2D eigenvalue weighted by molar-refractivity contribution is 0.0476. The number of nitrogens with zero attached hydrogens (tertiary/aromatic N) is 1. The molecular weight excluding hydrogens is 386 g/mol. The summed E-state index contributed by atoms with van der Waals surface area (Å²) < 4.78 is 5.48. The molecule has 3 aromatic carbocycles. The summed E-state index contributed by atoms with van der Waals surface area (Å²) in [7, 11) is 0. The number of fused-ring (bicyclic) bond motifs is 1. The Bertz CT molecular complexity index is 1290. The molecule has 1 aromatic heterocycles. The molecule has 1 heterocycles. The summed E-state index contributed by atoms with van der Waals surface area (Å²) in [6.45, 7) is 5.50. The van der Waals surface area contributed by atoms with Gasteiger partial charge in [-0.3, -0.25) is 4.79 Å². The zero-order valence-corrected chi connectivity index (χ0v) is 17.8. The third-order valence-electron chi connectivity index (χ3n) is 5.55. The Kier molecular flexibility index (Phi) is 5.63. The minimum atomic E-state index is -0.523. The number of hydrogen-bond donors (Lipinski definition) is 0. The molecule has 154 valence electrons. The van der Waals surface area contributed by atoms with Gasteiger partial charge in [-0.15, -0.1) is 0 Å². The van der Waals surface area contributed by atoms with Crippen LogP contribution in [-0.2, 0) is 4.74 Å². The number of esters is 1. The lowest BCUT2D eigenvalue weighted by atomic mass is 9.98. The van der Waals surface area contributed by atoms with E-state index in [-0.39, 0.29) is 12.4 Å². The average molecular weight is 409 g/mol. The lowest BCUT2D eigenvalue weighted by Crippen LogP contribution is -2.16. The van der Waals surface area contributed by atoms with E-state index in [9.17, 15) is 9.59 Å². The van der Waals surface area contributed by atoms with Crippen LogP contribution in [-0.4, -0.2) is 23.3 Å². The molecule has 4 aromatic rings. The Morgan fingerprint density at radius 2 is 1.55 bits per heavy atom. The fraction of sp³-hybridized carbons (Fsp3) is 0.148. The molecule has 0 aliphatic heterocycles. The number of hydrogen-bond acceptors (Lipinski definition) is 4. The number of ether oxygens (including phenoxy) is 1. The van der Waals surface area contributed by atoms with Crippen LogP contribution in [0.4, 0.5) is 0 Å². The number of para-hydroxylation sites is 1. The molecule has 0 atom stereocenters. The lowest BCUT2D eigenvalue weighted by Gasteiger charge is -2.14. The third-order valence-corrected chi connectivity index (χ3v) is 5.55. The maximum atomic E-state index is 13.1. The van der Waals surface area contributed by atoms with Gasteiger partial charge in [-0.2, -0.15) is 0 Å². The SMILES string of the molecule is Cc1ccc(C(=O)COC(=O)c2c(C)c(-c3ccccc3)nc3ccccc23)cc1C. The molecule has 0 fully saturated rings. The smallest absolute Gasteiger partial charge is 0.339 e. The summed E-state index contributed by atoms with van der Waals surface area (Å²) >= 11 is 0. The predicted molar refractivity (Wildman–Crippen MR) is 122 cm³/mol. The predicted octanol–water partition coefficient (Wildman–Crippen LogP) is 5.87. The van der Waals surface area contributed by atoms with Crippen LogP contribution in [0.1, 0.15) is 37.4 Å². The highest BCUT2D eigenvalue weighted by atomic mass is 16.5. The van der Waals surface area contributed by atoms with E-state index in [1.807, 2.05) is 87.5 Å². The van der Waals surface area contributed by atoms with Crippen molar-refractivity contribution in [2.24, 2.45) is 0 Å². The van der Waals surface area contributed by atoms with E-state index < -0.39 is 5.97 Å². The fourth-order valence-electron chi connectivity index (χ4n) is 3.65. The van der Waals surface area contributed by atoms with E-state index in [1.54, 1.807) is 6.07 Å². The zero-order chi connectivity index (χ0) is 22.0. The minimum absolute atomic E-state index is 0.226. The first-order valence-corrected chi connectivity index (χ1v) is 10.2. The Hall–Kier alpha value is -3.79. The topological polar surface area (TPSA) is 56.3 Å². The van der Waals surface area contributed by atoms with E-state index in [0.29, 0.717) is 22.0 Å². The summed E-state index contributed by atoms with van der Waals surface area (Å²) in [6.07, 6.45) is 0. The zero-order valence-electron chi connectivity index (χ0n) is 17.8. The molecule has 31 heavy (non-hydrogen) atoms. The Morgan fingerprint density at radius 1 is 0.839 bits per heavy atom. The van der Waals surface area contributed by atoms with E-state index in [4.69, 9.17) is 9.72 Å². The molecule has 0 spiro atoms. The fourth-order valence-corrected chi connectivity index (χ4v) is 3.65. The van der Waals surface area contributed by atoms with Crippen molar-refractivity contribution in [3.05, 3.63) is 101 Å². The first kappa shape index (κ1) is 20.5. The van der Waals surface area contributed by atoms with E-state index in [0.717, 1.165) is 27.9 Å². The Labute approximate surface area is 181 Å². The van der Waals surface area contributed by atoms with Gasteiger partial charge in [0.2, 0.25) is 0 Å². The normalized spacial score (nSPS) is 10.8. The summed E-state index contributed by atoms with van der Waals surface area (Å²) in [5.41, 5.74) is 6.21. The number of rotatable bonds is 5. The highest BCUT2D eigenvalue weighted by Crippen LogP contribution is 2.30. The van der Waals surface area contributed by atoms with E-state index in [1.165, 1.54) is 0 Å². The quantitative estimate of drug-likeness (QED) is 0.306. The van der Waals surface area contributed by atoms with Gasteiger partial charge < -0.3 is 4.74 Å². The van der Waals surface area contributed by atoms with Gasteiger partial charge in [-0.1, -0.05) is 60.7 Å². The molecule has 0 N–H and O–H groups in total. The number of ketones is 1. The van der Waals surface area contributed by atoms with Crippen molar-refractivity contribution < 1.29 is 14.3 Å². The van der Waals surface area contributed by atoms with Gasteiger partial charge in [0.1, 0.15) is 0 Å². The standard InChI is InChI=1S/C27H23NO3/c1-17-13-14-21(15-18(17)2)24(29)16-31-27(30)25-19(3)26(20-9-5-4-6-10-20)28-23-12-8-7-11-22(23)25/h4-15H,16H2,1-3H3. The number of aromatic nitrogens is 1. The van der Waals surface area contributed by atoms with Gasteiger partial charge in [0, 0.05) is 16.5 Å². The number of benzene rings is 3. The highest BCUT2D eigenvalue weighted by molar-refractivity contribution is 6.07. The van der Waals surface area contributed by atoms with Crippen LogP contribution in [0, 0.1) is 20.8 Å². The molecular formula is C27H23NO3. The maximum absolute atomic E-state index is 13.1. The molecule has 4 rings (SSSR count).